The quantitative estimate of drug-likeness (QED) is 0.430. The molecule has 2 N–H and O–H groups in total. The number of carbonyl (C=O) groups excluding carboxylic acids is 1. The van der Waals surface area contributed by atoms with Crippen molar-refractivity contribution in [3.8, 4) is 17.1 Å². The van der Waals surface area contributed by atoms with Crippen molar-refractivity contribution in [1.82, 2.24) is 14.9 Å². The number of likely N-dealkylation sites (N-methyl/N-ethyl adjacent to an activating group) is 1. The lowest BCUT2D eigenvalue weighted by Crippen LogP contribution is -2.37. The summed E-state index contributed by atoms with van der Waals surface area (Å²) < 4.78 is 11.1. The van der Waals surface area contributed by atoms with Crippen LogP contribution in [0.2, 0.25) is 5.15 Å². The zero-order valence-corrected chi connectivity index (χ0v) is 21.5. The summed E-state index contributed by atoms with van der Waals surface area (Å²) in [6, 6.07) is 14.3. The van der Waals surface area contributed by atoms with Crippen molar-refractivity contribution in [3.63, 3.8) is 0 Å². The molecule has 0 radical (unpaired) electrons. The van der Waals surface area contributed by atoms with Gasteiger partial charge < -0.3 is 29.9 Å². The molecule has 0 bridgehead atoms. The molecule has 36 heavy (non-hydrogen) atoms. The first-order valence-corrected chi connectivity index (χ1v) is 12.2. The zero-order valence-electron chi connectivity index (χ0n) is 20.8. The highest BCUT2D eigenvalue weighted by Crippen LogP contribution is 2.28. The molecule has 0 unspecified atom stereocenters. The summed E-state index contributed by atoms with van der Waals surface area (Å²) >= 11 is 6.43. The van der Waals surface area contributed by atoms with E-state index in [4.69, 9.17) is 26.1 Å². The number of hydrogen-bond donors (Lipinski definition) is 2. The fourth-order valence-electron chi connectivity index (χ4n) is 3.67. The van der Waals surface area contributed by atoms with Crippen LogP contribution in [0.3, 0.4) is 0 Å². The molecule has 1 fully saturated rings. The molecule has 1 aliphatic heterocycles. The fourth-order valence-corrected chi connectivity index (χ4v) is 3.83. The molecule has 4 rings (SSSR count). The number of nitrogens with zero attached hydrogens (tertiary/aromatic N) is 4. The average Bonchev–Trinajstić information content (AvgIpc) is 2.87. The van der Waals surface area contributed by atoms with Crippen LogP contribution in [0.4, 0.5) is 22.0 Å². The number of hydrogen-bond acceptors (Lipinski definition) is 7. The molecule has 3 aromatic rings. The minimum Gasteiger partial charge on any atom is -0.492 e. The smallest absolute Gasteiger partial charge is 0.323 e. The van der Waals surface area contributed by atoms with Crippen LogP contribution in [0.5, 0.6) is 5.75 Å². The maximum atomic E-state index is 12.5. The predicted molar refractivity (Wildman–Crippen MR) is 143 cm³/mol. The molecule has 0 spiro atoms. The summed E-state index contributed by atoms with van der Waals surface area (Å²) in [5, 5.41) is 6.09. The van der Waals surface area contributed by atoms with E-state index in [9.17, 15) is 4.79 Å². The molecule has 2 amide bonds. The number of urea groups is 1. The molecule has 0 atom stereocenters. The Hall–Kier alpha value is -3.40. The van der Waals surface area contributed by atoms with E-state index in [1.807, 2.05) is 57.4 Å². The second-order valence-electron chi connectivity index (χ2n) is 8.72. The Labute approximate surface area is 216 Å². The minimum atomic E-state index is -0.340. The van der Waals surface area contributed by atoms with Crippen LogP contribution >= 0.6 is 11.6 Å². The van der Waals surface area contributed by atoms with E-state index in [1.165, 1.54) is 0 Å². The lowest BCUT2D eigenvalue weighted by atomic mass is 10.2. The van der Waals surface area contributed by atoms with Crippen molar-refractivity contribution in [3.05, 3.63) is 59.2 Å². The van der Waals surface area contributed by atoms with Gasteiger partial charge in [-0.05, 0) is 69.6 Å². The Morgan fingerprint density at radius 1 is 1.03 bits per heavy atom. The lowest BCUT2D eigenvalue weighted by Gasteiger charge is -2.29. The van der Waals surface area contributed by atoms with Gasteiger partial charge in [0.1, 0.15) is 23.3 Å². The Morgan fingerprint density at radius 2 is 1.64 bits per heavy atom. The summed E-state index contributed by atoms with van der Waals surface area (Å²) in [7, 11) is 3.99. The molecule has 2 heterocycles. The highest BCUT2D eigenvalue weighted by Gasteiger charge is 2.19. The van der Waals surface area contributed by atoms with E-state index >= 15 is 0 Å². The van der Waals surface area contributed by atoms with Gasteiger partial charge in [-0.25, -0.2) is 14.8 Å². The summed E-state index contributed by atoms with van der Waals surface area (Å²) in [6.45, 7) is 6.20. The minimum absolute atomic E-state index is 0.340. The van der Waals surface area contributed by atoms with Crippen molar-refractivity contribution < 1.29 is 14.3 Å². The number of carbonyl (C=O) groups is 1. The molecule has 1 aliphatic rings. The van der Waals surface area contributed by atoms with Crippen LogP contribution in [0, 0.1) is 6.92 Å². The van der Waals surface area contributed by atoms with Crippen LogP contribution in [0.15, 0.2) is 48.5 Å². The van der Waals surface area contributed by atoms with E-state index in [0.29, 0.717) is 42.2 Å². The van der Waals surface area contributed by atoms with Crippen molar-refractivity contribution in [2.75, 3.05) is 69.1 Å². The van der Waals surface area contributed by atoms with Crippen molar-refractivity contribution in [2.45, 2.75) is 6.92 Å². The largest absolute Gasteiger partial charge is 0.492 e. The van der Waals surface area contributed by atoms with E-state index in [-0.39, 0.29) is 6.03 Å². The van der Waals surface area contributed by atoms with Crippen LogP contribution in [0.1, 0.15) is 5.56 Å². The van der Waals surface area contributed by atoms with E-state index in [0.717, 1.165) is 42.3 Å². The molecule has 0 saturated carbocycles. The van der Waals surface area contributed by atoms with Gasteiger partial charge in [-0.15, -0.1) is 0 Å². The molecule has 1 saturated heterocycles. The maximum absolute atomic E-state index is 12.5. The van der Waals surface area contributed by atoms with Crippen LogP contribution < -0.4 is 20.3 Å². The van der Waals surface area contributed by atoms with Gasteiger partial charge in [0.05, 0.1) is 13.2 Å². The van der Waals surface area contributed by atoms with Gasteiger partial charge in [-0.1, -0.05) is 11.6 Å². The summed E-state index contributed by atoms with van der Waals surface area (Å²) in [5.41, 5.74) is 2.97. The monoisotopic (exact) mass is 510 g/mol. The first-order chi connectivity index (χ1) is 17.4. The second kappa shape index (κ2) is 12.0. The summed E-state index contributed by atoms with van der Waals surface area (Å²) in [6.07, 6.45) is 0. The van der Waals surface area contributed by atoms with E-state index < -0.39 is 0 Å². The van der Waals surface area contributed by atoms with Crippen LogP contribution in [-0.4, -0.2) is 74.4 Å². The number of aromatic nitrogens is 2. The van der Waals surface area contributed by atoms with Crippen molar-refractivity contribution in [2.24, 2.45) is 0 Å². The molecule has 9 nitrogen and oxygen atoms in total. The molecule has 0 aliphatic carbocycles. The zero-order chi connectivity index (χ0) is 25.5. The lowest BCUT2D eigenvalue weighted by molar-refractivity contribution is 0.122. The second-order valence-corrected chi connectivity index (χ2v) is 9.08. The normalized spacial score (nSPS) is 13.5. The van der Waals surface area contributed by atoms with Gasteiger partial charge in [0.2, 0.25) is 0 Å². The third-order valence-electron chi connectivity index (χ3n) is 5.69. The number of rotatable bonds is 8. The SMILES string of the molecule is Cc1c(Cl)nc(-c2ccc(NC(=O)Nc3ccc(OCCN(C)C)cc3)cc2)nc1N1CCOCC1. The van der Waals surface area contributed by atoms with Gasteiger partial charge in [-0.3, -0.25) is 0 Å². The number of morpholine rings is 1. The predicted octanol–water partition coefficient (Wildman–Crippen LogP) is 4.53. The first-order valence-electron chi connectivity index (χ1n) is 11.8. The summed E-state index contributed by atoms with van der Waals surface area (Å²) in [5.74, 6) is 2.12. The number of nitrogens with one attached hydrogen (secondary N) is 2. The number of anilines is 3. The van der Waals surface area contributed by atoms with Crippen molar-refractivity contribution >= 4 is 34.8 Å². The Balaban J connectivity index is 1.36. The van der Waals surface area contributed by atoms with Crippen LogP contribution in [0.25, 0.3) is 11.4 Å². The molecular weight excluding hydrogens is 480 g/mol. The van der Waals surface area contributed by atoms with Crippen LogP contribution in [-0.2, 0) is 4.74 Å². The Bertz CT molecular complexity index is 1170. The number of amides is 2. The Kier molecular flexibility index (Phi) is 8.58. The summed E-state index contributed by atoms with van der Waals surface area (Å²) in [4.78, 5) is 25.9. The molecular formula is C26H31ClN6O3. The standard InChI is InChI=1S/C26H31ClN6O3/c1-18-23(27)30-24(31-25(18)33-13-15-35-16-14-33)19-4-6-20(7-5-19)28-26(34)29-21-8-10-22(11-9-21)36-17-12-32(2)3/h4-11H,12-17H2,1-3H3,(H2,28,29,34). The number of halogens is 1. The van der Waals surface area contributed by atoms with Gasteiger partial charge >= 0.3 is 6.03 Å². The third-order valence-corrected chi connectivity index (χ3v) is 6.06. The fraction of sp³-hybridized carbons (Fsp3) is 0.346. The first kappa shape index (κ1) is 25.7. The average molecular weight is 511 g/mol. The van der Waals surface area contributed by atoms with Gasteiger partial charge in [0.15, 0.2) is 5.82 Å². The molecule has 2 aromatic carbocycles. The number of benzene rings is 2. The van der Waals surface area contributed by atoms with Gasteiger partial charge in [-0.2, -0.15) is 0 Å². The Morgan fingerprint density at radius 3 is 2.25 bits per heavy atom. The van der Waals surface area contributed by atoms with Gasteiger partial charge in [0, 0.05) is 42.1 Å². The number of ether oxygens (including phenoxy) is 2. The maximum Gasteiger partial charge on any atom is 0.323 e. The molecule has 10 heteroatoms. The van der Waals surface area contributed by atoms with Crippen molar-refractivity contribution in [1.29, 1.82) is 0 Å². The van der Waals surface area contributed by atoms with E-state index in [1.54, 1.807) is 12.1 Å². The van der Waals surface area contributed by atoms with Gasteiger partial charge in [0.25, 0.3) is 0 Å². The third kappa shape index (κ3) is 6.84. The highest BCUT2D eigenvalue weighted by atomic mass is 35.5. The molecule has 190 valence electrons. The highest BCUT2D eigenvalue weighted by molar-refractivity contribution is 6.30. The molecule has 1 aromatic heterocycles. The van der Waals surface area contributed by atoms with E-state index in [2.05, 4.69) is 25.4 Å². The topological polar surface area (TPSA) is 91.8 Å².